The van der Waals surface area contributed by atoms with Crippen LogP contribution in [0.1, 0.15) is 10.7 Å². The highest BCUT2D eigenvalue weighted by atomic mass is 79.9. The second-order valence-electron chi connectivity index (χ2n) is 3.90. The Morgan fingerprint density at radius 2 is 2.15 bits per heavy atom. The molecule has 20 heavy (non-hydrogen) atoms. The van der Waals surface area contributed by atoms with Crippen LogP contribution >= 0.6 is 27.3 Å². The van der Waals surface area contributed by atoms with E-state index in [1.807, 2.05) is 12.3 Å². The number of nitrogens with one attached hydrogen (secondary N) is 1. The third-order valence-corrected chi connectivity index (χ3v) is 3.74. The molecule has 0 spiro atoms. The molecule has 1 heterocycles. The van der Waals surface area contributed by atoms with Crippen LogP contribution in [0, 0.1) is 6.92 Å². The molecule has 1 aromatic heterocycles. The van der Waals surface area contributed by atoms with E-state index in [0.29, 0.717) is 12.2 Å². The summed E-state index contributed by atoms with van der Waals surface area (Å²) in [5.41, 5.74) is 1.57. The Morgan fingerprint density at radius 3 is 2.70 bits per heavy atom. The normalized spacial score (nSPS) is 11.4. The Labute approximate surface area is 125 Å². The molecular weight excluding hydrogens is 357 g/mol. The van der Waals surface area contributed by atoms with Crippen LogP contribution in [0.15, 0.2) is 28.1 Å². The maximum absolute atomic E-state index is 12.1. The SMILES string of the molecule is Cc1nc(CNc2ccc(OC(F)(F)F)c(Br)c2)cs1. The van der Waals surface area contributed by atoms with Crippen molar-refractivity contribution in [1.29, 1.82) is 0 Å². The van der Waals surface area contributed by atoms with Crippen molar-refractivity contribution < 1.29 is 17.9 Å². The van der Waals surface area contributed by atoms with Gasteiger partial charge in [0.05, 0.1) is 21.7 Å². The molecule has 8 heteroatoms. The predicted octanol–water partition coefficient (Wildman–Crippen LogP) is 4.72. The van der Waals surface area contributed by atoms with Gasteiger partial charge in [-0.3, -0.25) is 0 Å². The van der Waals surface area contributed by atoms with Gasteiger partial charge in [0, 0.05) is 11.1 Å². The standard InChI is InChI=1S/C12H10BrF3N2OS/c1-7-18-9(6-20-7)5-17-8-2-3-11(10(13)4-8)19-12(14,15)16/h2-4,6,17H,5H2,1H3. The Balaban J connectivity index is 2.01. The molecule has 0 saturated carbocycles. The summed E-state index contributed by atoms with van der Waals surface area (Å²) in [6.07, 6.45) is -4.70. The van der Waals surface area contributed by atoms with Crippen molar-refractivity contribution in [1.82, 2.24) is 4.98 Å². The Kier molecular flexibility index (Phi) is 4.54. The van der Waals surface area contributed by atoms with Gasteiger partial charge in [0.15, 0.2) is 0 Å². The van der Waals surface area contributed by atoms with Crippen LogP contribution < -0.4 is 10.1 Å². The molecule has 0 atom stereocenters. The summed E-state index contributed by atoms with van der Waals surface area (Å²) in [6.45, 7) is 2.42. The van der Waals surface area contributed by atoms with Crippen LogP contribution in [-0.4, -0.2) is 11.3 Å². The number of anilines is 1. The Hall–Kier alpha value is -1.28. The first-order chi connectivity index (χ1) is 9.33. The number of hydrogen-bond donors (Lipinski definition) is 1. The molecule has 0 bridgehead atoms. The van der Waals surface area contributed by atoms with Crippen LogP contribution in [0.3, 0.4) is 0 Å². The second kappa shape index (κ2) is 6.01. The van der Waals surface area contributed by atoms with Crippen molar-refractivity contribution in [2.24, 2.45) is 0 Å². The maximum atomic E-state index is 12.1. The summed E-state index contributed by atoms with van der Waals surface area (Å²) < 4.78 is 40.5. The molecule has 0 amide bonds. The summed E-state index contributed by atoms with van der Waals surface area (Å²) >= 11 is 4.60. The zero-order valence-electron chi connectivity index (χ0n) is 10.3. The number of aryl methyl sites for hydroxylation is 1. The molecule has 0 fully saturated rings. The average molecular weight is 367 g/mol. The van der Waals surface area contributed by atoms with E-state index in [-0.39, 0.29) is 10.2 Å². The van der Waals surface area contributed by atoms with Gasteiger partial charge < -0.3 is 10.1 Å². The molecule has 2 rings (SSSR count). The van der Waals surface area contributed by atoms with Crippen LogP contribution in [0.4, 0.5) is 18.9 Å². The molecule has 0 radical (unpaired) electrons. The molecule has 108 valence electrons. The van der Waals surface area contributed by atoms with Gasteiger partial charge in [-0.25, -0.2) is 4.98 Å². The van der Waals surface area contributed by atoms with E-state index >= 15 is 0 Å². The van der Waals surface area contributed by atoms with Gasteiger partial charge in [-0.05, 0) is 41.1 Å². The van der Waals surface area contributed by atoms with Gasteiger partial charge in [0.2, 0.25) is 0 Å². The maximum Gasteiger partial charge on any atom is 0.573 e. The highest BCUT2D eigenvalue weighted by Crippen LogP contribution is 2.32. The number of aromatic nitrogens is 1. The fourth-order valence-electron chi connectivity index (χ4n) is 1.50. The third kappa shape index (κ3) is 4.38. The minimum absolute atomic E-state index is 0.231. The molecule has 0 aliphatic heterocycles. The largest absolute Gasteiger partial charge is 0.573 e. The predicted molar refractivity (Wildman–Crippen MR) is 75.0 cm³/mol. The van der Waals surface area contributed by atoms with E-state index in [1.165, 1.54) is 18.2 Å². The molecular formula is C12H10BrF3N2OS. The fraction of sp³-hybridized carbons (Fsp3) is 0.250. The molecule has 0 unspecified atom stereocenters. The van der Waals surface area contributed by atoms with Gasteiger partial charge >= 0.3 is 6.36 Å². The average Bonchev–Trinajstić information content (AvgIpc) is 2.74. The molecule has 1 aromatic carbocycles. The zero-order chi connectivity index (χ0) is 14.8. The van der Waals surface area contributed by atoms with Crippen molar-refractivity contribution in [3.63, 3.8) is 0 Å². The van der Waals surface area contributed by atoms with Crippen LogP contribution in [0.5, 0.6) is 5.75 Å². The van der Waals surface area contributed by atoms with Crippen molar-refractivity contribution in [2.75, 3.05) is 5.32 Å². The second-order valence-corrected chi connectivity index (χ2v) is 5.82. The molecule has 3 nitrogen and oxygen atoms in total. The summed E-state index contributed by atoms with van der Waals surface area (Å²) in [7, 11) is 0. The quantitative estimate of drug-likeness (QED) is 0.849. The van der Waals surface area contributed by atoms with Crippen LogP contribution in [0.2, 0.25) is 0 Å². The number of ether oxygens (including phenoxy) is 1. The van der Waals surface area contributed by atoms with E-state index in [0.717, 1.165) is 10.7 Å². The lowest BCUT2D eigenvalue weighted by Crippen LogP contribution is -2.17. The summed E-state index contributed by atoms with van der Waals surface area (Å²) in [6, 6.07) is 4.30. The highest BCUT2D eigenvalue weighted by molar-refractivity contribution is 9.10. The molecule has 0 aliphatic carbocycles. The monoisotopic (exact) mass is 366 g/mol. The number of alkyl halides is 3. The zero-order valence-corrected chi connectivity index (χ0v) is 12.7. The molecule has 0 aliphatic rings. The number of hydrogen-bond acceptors (Lipinski definition) is 4. The Morgan fingerprint density at radius 1 is 1.40 bits per heavy atom. The highest BCUT2D eigenvalue weighted by Gasteiger charge is 2.31. The Bertz CT molecular complexity index is 601. The minimum Gasteiger partial charge on any atom is -0.405 e. The number of nitrogens with zero attached hydrogens (tertiary/aromatic N) is 1. The van der Waals surface area contributed by atoms with Gasteiger partial charge in [-0.2, -0.15) is 0 Å². The topological polar surface area (TPSA) is 34.2 Å². The third-order valence-electron chi connectivity index (χ3n) is 2.30. The van der Waals surface area contributed by atoms with E-state index in [9.17, 15) is 13.2 Å². The minimum atomic E-state index is -4.70. The van der Waals surface area contributed by atoms with Crippen LogP contribution in [0.25, 0.3) is 0 Å². The van der Waals surface area contributed by atoms with Crippen molar-refractivity contribution >= 4 is 33.0 Å². The van der Waals surface area contributed by atoms with E-state index in [2.05, 4.69) is 31.0 Å². The number of rotatable bonds is 4. The van der Waals surface area contributed by atoms with Gasteiger partial charge in [0.25, 0.3) is 0 Å². The first-order valence-corrected chi connectivity index (χ1v) is 7.21. The number of benzene rings is 1. The van der Waals surface area contributed by atoms with Crippen molar-refractivity contribution in [3.05, 3.63) is 38.8 Å². The first kappa shape index (κ1) is 15.1. The van der Waals surface area contributed by atoms with Gasteiger partial charge in [-0.1, -0.05) is 0 Å². The van der Waals surface area contributed by atoms with E-state index in [1.54, 1.807) is 11.3 Å². The number of halogens is 4. The fourth-order valence-corrected chi connectivity index (χ4v) is 2.57. The summed E-state index contributed by atoms with van der Waals surface area (Å²) in [5, 5.41) is 5.98. The van der Waals surface area contributed by atoms with Gasteiger partial charge in [-0.15, -0.1) is 24.5 Å². The van der Waals surface area contributed by atoms with E-state index in [4.69, 9.17) is 0 Å². The molecule has 0 saturated heterocycles. The number of thiazole rings is 1. The van der Waals surface area contributed by atoms with E-state index < -0.39 is 6.36 Å². The van der Waals surface area contributed by atoms with Gasteiger partial charge in [0.1, 0.15) is 5.75 Å². The molecule has 1 N–H and O–H groups in total. The summed E-state index contributed by atoms with van der Waals surface area (Å²) in [4.78, 5) is 4.29. The first-order valence-electron chi connectivity index (χ1n) is 5.54. The van der Waals surface area contributed by atoms with Crippen LogP contribution in [-0.2, 0) is 6.54 Å². The van der Waals surface area contributed by atoms with Crippen molar-refractivity contribution in [3.8, 4) is 5.75 Å². The smallest absolute Gasteiger partial charge is 0.405 e. The lowest BCUT2D eigenvalue weighted by molar-refractivity contribution is -0.274. The lowest BCUT2D eigenvalue weighted by Gasteiger charge is -2.12. The lowest BCUT2D eigenvalue weighted by atomic mass is 10.3. The summed E-state index contributed by atoms with van der Waals surface area (Å²) in [5.74, 6) is -0.271. The van der Waals surface area contributed by atoms with Crippen molar-refractivity contribution in [2.45, 2.75) is 19.8 Å². The molecule has 2 aromatic rings.